The van der Waals surface area contributed by atoms with Gasteiger partial charge in [0.1, 0.15) is 0 Å². The average Bonchev–Trinajstić information content (AvgIpc) is 3.35. The van der Waals surface area contributed by atoms with E-state index < -0.39 is 10.0 Å². The number of benzene rings is 1. The molecule has 0 radical (unpaired) electrons. The third-order valence-corrected chi connectivity index (χ3v) is 6.75. The predicted octanol–water partition coefficient (Wildman–Crippen LogP) is 3.22. The maximum absolute atomic E-state index is 12.8. The van der Waals surface area contributed by atoms with Gasteiger partial charge >= 0.3 is 0 Å². The first kappa shape index (κ1) is 20.2. The normalized spacial score (nSPS) is 11.4. The summed E-state index contributed by atoms with van der Waals surface area (Å²) in [7, 11) is 0.789. The summed E-state index contributed by atoms with van der Waals surface area (Å²) in [5.41, 5.74) is 0.668. The Kier molecular flexibility index (Phi) is 5.92. The molecule has 0 saturated heterocycles. The molecule has 10 heteroatoms. The maximum atomic E-state index is 12.8. The van der Waals surface area contributed by atoms with Crippen molar-refractivity contribution in [1.82, 2.24) is 9.88 Å². The number of rotatable bonds is 8. The molecule has 2 heterocycles. The Morgan fingerprint density at radius 2 is 1.79 bits per heavy atom. The van der Waals surface area contributed by atoms with Gasteiger partial charge < -0.3 is 18.7 Å². The molecule has 0 spiro atoms. The summed E-state index contributed by atoms with van der Waals surface area (Å²) in [5.74, 6) is 1.88. The minimum absolute atomic E-state index is 0.0615. The van der Waals surface area contributed by atoms with E-state index in [1.165, 1.54) is 38.9 Å². The number of hydrogen-bond acceptors (Lipinski definition) is 8. The molecule has 1 aromatic carbocycles. The van der Waals surface area contributed by atoms with Crippen LogP contribution in [0.15, 0.2) is 39.9 Å². The van der Waals surface area contributed by atoms with Crippen LogP contribution >= 0.6 is 11.3 Å². The summed E-state index contributed by atoms with van der Waals surface area (Å²) in [5, 5.41) is 3.66. The molecule has 0 aliphatic rings. The van der Waals surface area contributed by atoms with Gasteiger partial charge in [-0.1, -0.05) is 5.16 Å². The highest BCUT2D eigenvalue weighted by atomic mass is 32.2. The predicted molar refractivity (Wildman–Crippen MR) is 105 cm³/mol. The fourth-order valence-corrected chi connectivity index (χ4v) is 5.25. The number of thiophene rings is 1. The highest BCUT2D eigenvalue weighted by molar-refractivity contribution is 7.89. The number of nitrogens with one attached hydrogen (secondary N) is 1. The van der Waals surface area contributed by atoms with E-state index in [9.17, 15) is 8.42 Å². The van der Waals surface area contributed by atoms with Crippen LogP contribution in [0.2, 0.25) is 0 Å². The van der Waals surface area contributed by atoms with Crippen molar-refractivity contribution in [2.45, 2.75) is 18.4 Å². The van der Waals surface area contributed by atoms with Crippen molar-refractivity contribution in [2.75, 3.05) is 21.3 Å². The van der Waals surface area contributed by atoms with Crippen molar-refractivity contribution >= 4 is 21.4 Å². The quantitative estimate of drug-likeness (QED) is 0.593. The van der Waals surface area contributed by atoms with Crippen LogP contribution in [-0.2, 0) is 16.6 Å². The average molecular weight is 425 g/mol. The largest absolute Gasteiger partial charge is 0.493 e. The van der Waals surface area contributed by atoms with Gasteiger partial charge in [-0.3, -0.25) is 0 Å². The fourth-order valence-electron chi connectivity index (χ4n) is 2.69. The van der Waals surface area contributed by atoms with Gasteiger partial charge in [0, 0.05) is 17.5 Å². The zero-order valence-electron chi connectivity index (χ0n) is 15.8. The summed E-state index contributed by atoms with van der Waals surface area (Å²) in [6.45, 7) is 1.81. The lowest BCUT2D eigenvalue weighted by Gasteiger charge is -2.14. The first-order valence-corrected chi connectivity index (χ1v) is 10.5. The Morgan fingerprint density at radius 1 is 1.11 bits per heavy atom. The maximum Gasteiger partial charge on any atom is 0.241 e. The topological polar surface area (TPSA) is 99.9 Å². The molecular weight excluding hydrogens is 404 g/mol. The zero-order chi connectivity index (χ0) is 20.3. The number of hydrogen-bond donors (Lipinski definition) is 1. The first-order chi connectivity index (χ1) is 13.4. The lowest BCUT2D eigenvalue weighted by atomic mass is 10.2. The van der Waals surface area contributed by atoms with E-state index in [0.29, 0.717) is 38.3 Å². The second-order valence-corrected chi connectivity index (χ2v) is 8.76. The molecule has 0 fully saturated rings. The molecule has 3 rings (SSSR count). The third kappa shape index (κ3) is 3.98. The van der Waals surface area contributed by atoms with Crippen LogP contribution in [0.5, 0.6) is 17.2 Å². The molecule has 8 nitrogen and oxygen atoms in total. The number of nitrogens with zero attached hydrogens (tertiary/aromatic N) is 1. The molecule has 0 bridgehead atoms. The van der Waals surface area contributed by atoms with E-state index in [4.69, 9.17) is 18.7 Å². The summed E-state index contributed by atoms with van der Waals surface area (Å²) >= 11 is 1.33. The van der Waals surface area contributed by atoms with Crippen LogP contribution in [0.25, 0.3) is 10.6 Å². The van der Waals surface area contributed by atoms with Gasteiger partial charge in [0.2, 0.25) is 15.8 Å². The highest BCUT2D eigenvalue weighted by Gasteiger charge is 2.22. The van der Waals surface area contributed by atoms with E-state index in [1.807, 2.05) is 0 Å². The Labute approximate surface area is 167 Å². The lowest BCUT2D eigenvalue weighted by Crippen LogP contribution is -2.23. The summed E-state index contributed by atoms with van der Waals surface area (Å²) in [4.78, 5) is 1.56. The van der Waals surface area contributed by atoms with Crippen molar-refractivity contribution in [1.29, 1.82) is 0 Å². The van der Waals surface area contributed by atoms with E-state index >= 15 is 0 Å². The minimum Gasteiger partial charge on any atom is -0.493 e. The molecule has 0 saturated carbocycles. The molecule has 3 aromatic rings. The number of sulfonamides is 1. The lowest BCUT2D eigenvalue weighted by molar-refractivity contribution is 0.323. The van der Waals surface area contributed by atoms with Gasteiger partial charge in [0.15, 0.2) is 17.3 Å². The molecule has 0 aliphatic heterocycles. The number of ether oxygens (including phenoxy) is 3. The van der Waals surface area contributed by atoms with Crippen LogP contribution in [0.3, 0.4) is 0 Å². The molecular formula is C18H20N2O6S2. The van der Waals surface area contributed by atoms with Gasteiger partial charge in [-0.15, -0.1) is 11.3 Å². The molecule has 1 N–H and O–H groups in total. The third-order valence-electron chi connectivity index (χ3n) is 4.03. The van der Waals surface area contributed by atoms with Crippen LogP contribution in [0.4, 0.5) is 0 Å². The number of aryl methyl sites for hydroxylation is 1. The zero-order valence-corrected chi connectivity index (χ0v) is 17.4. The van der Waals surface area contributed by atoms with E-state index in [1.54, 1.807) is 31.2 Å². The van der Waals surface area contributed by atoms with Gasteiger partial charge in [0.05, 0.1) is 37.3 Å². The van der Waals surface area contributed by atoms with Gasteiger partial charge in [-0.25, -0.2) is 13.1 Å². The standard InChI is InChI=1S/C18H20N2O6S2/c1-11-17(9-16(27-11)13-5-6-19-26-13)28(21,22)20-10-12-7-14(23-2)18(25-4)15(8-12)24-3/h5-9,20H,10H2,1-4H3. The van der Waals surface area contributed by atoms with Crippen LogP contribution in [0, 0.1) is 6.92 Å². The van der Waals surface area contributed by atoms with Crippen molar-refractivity contribution in [3.8, 4) is 27.9 Å². The number of aromatic nitrogens is 1. The Morgan fingerprint density at radius 3 is 2.32 bits per heavy atom. The van der Waals surface area contributed by atoms with Gasteiger partial charge in [0.25, 0.3) is 0 Å². The molecule has 2 aromatic heterocycles. The summed E-state index contributed by atoms with van der Waals surface area (Å²) in [6.07, 6.45) is 1.52. The van der Waals surface area contributed by atoms with Crippen molar-refractivity contribution in [2.24, 2.45) is 0 Å². The van der Waals surface area contributed by atoms with Crippen molar-refractivity contribution < 1.29 is 27.2 Å². The first-order valence-electron chi connectivity index (χ1n) is 8.19. The SMILES string of the molecule is COc1cc(CNS(=O)(=O)c2cc(-c3ccno3)sc2C)cc(OC)c1OC. The fraction of sp³-hybridized carbons (Fsp3) is 0.278. The summed E-state index contributed by atoms with van der Waals surface area (Å²) in [6, 6.07) is 6.66. The monoisotopic (exact) mass is 424 g/mol. The van der Waals surface area contributed by atoms with Crippen LogP contribution in [0.1, 0.15) is 10.4 Å². The van der Waals surface area contributed by atoms with Gasteiger partial charge in [-0.05, 0) is 30.7 Å². The second kappa shape index (κ2) is 8.21. The molecule has 0 aliphatic carbocycles. The summed E-state index contributed by atoms with van der Waals surface area (Å²) < 4.78 is 49.2. The van der Waals surface area contributed by atoms with Crippen molar-refractivity contribution in [3.63, 3.8) is 0 Å². The molecule has 0 unspecified atom stereocenters. The van der Waals surface area contributed by atoms with E-state index in [0.717, 1.165) is 0 Å². The molecule has 28 heavy (non-hydrogen) atoms. The smallest absolute Gasteiger partial charge is 0.241 e. The molecule has 150 valence electrons. The Hall–Kier alpha value is -2.56. The Balaban J connectivity index is 1.84. The second-order valence-electron chi connectivity index (χ2n) is 5.77. The molecule has 0 atom stereocenters. The molecule has 0 amide bonds. The van der Waals surface area contributed by atoms with E-state index in [-0.39, 0.29) is 11.4 Å². The highest BCUT2D eigenvalue weighted by Crippen LogP contribution is 2.38. The Bertz CT molecular complexity index is 1030. The minimum atomic E-state index is -3.73. The number of methoxy groups -OCH3 is 3. The van der Waals surface area contributed by atoms with E-state index in [2.05, 4.69) is 9.88 Å². The van der Waals surface area contributed by atoms with Gasteiger partial charge in [-0.2, -0.15) is 0 Å². The van der Waals surface area contributed by atoms with Crippen LogP contribution in [-0.4, -0.2) is 34.9 Å². The van der Waals surface area contributed by atoms with Crippen LogP contribution < -0.4 is 18.9 Å². The van der Waals surface area contributed by atoms with Crippen molar-refractivity contribution in [3.05, 3.63) is 40.9 Å².